The van der Waals surface area contributed by atoms with Crippen LogP contribution in [0.25, 0.3) is 0 Å². The fourth-order valence-electron chi connectivity index (χ4n) is 1.29. The van der Waals surface area contributed by atoms with E-state index in [4.69, 9.17) is 16.3 Å². The molecule has 4 heteroatoms. The Kier molecular flexibility index (Phi) is 5.43. The second-order valence-corrected chi connectivity index (χ2v) is 4.65. The highest BCUT2D eigenvalue weighted by Gasteiger charge is 2.08. The van der Waals surface area contributed by atoms with Gasteiger partial charge in [-0.2, -0.15) is 0 Å². The summed E-state index contributed by atoms with van der Waals surface area (Å²) in [5.74, 6) is 0. The predicted octanol–water partition coefficient (Wildman–Crippen LogP) is 3.94. The lowest BCUT2D eigenvalue weighted by molar-refractivity contribution is 0.184. The lowest BCUT2D eigenvalue weighted by Crippen LogP contribution is -2.23. The van der Waals surface area contributed by atoms with Crippen molar-refractivity contribution in [3.05, 3.63) is 27.7 Å². The van der Waals surface area contributed by atoms with E-state index in [1.54, 1.807) is 7.11 Å². The summed E-state index contributed by atoms with van der Waals surface area (Å²) in [6.07, 6.45) is 0.997. The van der Waals surface area contributed by atoms with Gasteiger partial charge >= 0.3 is 0 Å². The monoisotopic (exact) mass is 291 g/mol. The Balaban J connectivity index is 2.73. The fourth-order valence-corrected chi connectivity index (χ4v) is 1.82. The SMILES string of the molecule is CCC(COC)Nc1cc(Br)ccc1Cl. The van der Waals surface area contributed by atoms with Crippen LogP contribution in [-0.2, 0) is 4.74 Å². The third-order valence-corrected chi connectivity index (χ3v) is 2.97. The van der Waals surface area contributed by atoms with E-state index in [0.717, 1.165) is 21.6 Å². The first-order chi connectivity index (χ1) is 7.17. The number of anilines is 1. The van der Waals surface area contributed by atoms with E-state index in [1.807, 2.05) is 18.2 Å². The van der Waals surface area contributed by atoms with Gasteiger partial charge in [0, 0.05) is 17.6 Å². The molecule has 0 radical (unpaired) electrons. The second-order valence-electron chi connectivity index (χ2n) is 3.33. The lowest BCUT2D eigenvalue weighted by Gasteiger charge is -2.18. The number of hydrogen-bond acceptors (Lipinski definition) is 2. The molecule has 84 valence electrons. The van der Waals surface area contributed by atoms with Gasteiger partial charge in [-0.15, -0.1) is 0 Å². The van der Waals surface area contributed by atoms with Crippen molar-refractivity contribution in [2.75, 3.05) is 19.0 Å². The van der Waals surface area contributed by atoms with Gasteiger partial charge < -0.3 is 10.1 Å². The molecule has 1 atom stereocenters. The number of ether oxygens (including phenoxy) is 1. The molecule has 0 saturated carbocycles. The van der Waals surface area contributed by atoms with Crippen LogP contribution in [0.1, 0.15) is 13.3 Å². The van der Waals surface area contributed by atoms with Crippen LogP contribution in [0, 0.1) is 0 Å². The standard InChI is InChI=1S/C11H15BrClNO/c1-3-9(7-15-2)14-11-6-8(12)4-5-10(11)13/h4-6,9,14H,3,7H2,1-2H3. The van der Waals surface area contributed by atoms with E-state index in [9.17, 15) is 0 Å². The van der Waals surface area contributed by atoms with Gasteiger partial charge in [0.1, 0.15) is 0 Å². The third-order valence-electron chi connectivity index (χ3n) is 2.15. The van der Waals surface area contributed by atoms with Crippen LogP contribution < -0.4 is 5.32 Å². The minimum absolute atomic E-state index is 0.293. The molecule has 15 heavy (non-hydrogen) atoms. The highest BCUT2D eigenvalue weighted by Crippen LogP contribution is 2.26. The molecule has 0 saturated heterocycles. The predicted molar refractivity (Wildman–Crippen MR) is 68.7 cm³/mol. The van der Waals surface area contributed by atoms with Crippen molar-refractivity contribution in [3.8, 4) is 0 Å². The summed E-state index contributed by atoms with van der Waals surface area (Å²) in [5, 5.41) is 4.08. The van der Waals surface area contributed by atoms with Crippen LogP contribution in [-0.4, -0.2) is 19.8 Å². The van der Waals surface area contributed by atoms with Crippen molar-refractivity contribution < 1.29 is 4.74 Å². The van der Waals surface area contributed by atoms with Crippen molar-refractivity contribution in [1.29, 1.82) is 0 Å². The molecule has 0 aliphatic rings. The lowest BCUT2D eigenvalue weighted by atomic mass is 10.2. The average Bonchev–Trinajstić information content (AvgIpc) is 2.22. The molecule has 1 unspecified atom stereocenters. The Hall–Kier alpha value is -0.250. The van der Waals surface area contributed by atoms with Crippen LogP contribution in [0.2, 0.25) is 5.02 Å². The zero-order valence-electron chi connectivity index (χ0n) is 8.89. The highest BCUT2D eigenvalue weighted by atomic mass is 79.9. The number of halogens is 2. The van der Waals surface area contributed by atoms with Gasteiger partial charge in [0.2, 0.25) is 0 Å². The second kappa shape index (κ2) is 6.36. The van der Waals surface area contributed by atoms with Crippen LogP contribution in [0.15, 0.2) is 22.7 Å². The van der Waals surface area contributed by atoms with Gasteiger partial charge in [0.05, 0.1) is 17.3 Å². The average molecular weight is 293 g/mol. The van der Waals surface area contributed by atoms with Gasteiger partial charge in [-0.25, -0.2) is 0 Å². The number of nitrogens with one attached hydrogen (secondary N) is 1. The van der Waals surface area contributed by atoms with E-state index in [1.165, 1.54) is 0 Å². The molecule has 0 aliphatic carbocycles. The zero-order chi connectivity index (χ0) is 11.3. The summed E-state index contributed by atoms with van der Waals surface area (Å²) in [5.41, 5.74) is 0.940. The molecule has 0 aliphatic heterocycles. The Bertz CT molecular complexity index is 319. The molecule has 0 amide bonds. The van der Waals surface area contributed by atoms with E-state index in [-0.39, 0.29) is 0 Å². The smallest absolute Gasteiger partial charge is 0.0663 e. The summed E-state index contributed by atoms with van der Waals surface area (Å²) in [6, 6.07) is 6.06. The molecule has 0 bridgehead atoms. The first-order valence-electron chi connectivity index (χ1n) is 4.88. The molecule has 1 N–H and O–H groups in total. The van der Waals surface area contributed by atoms with Gasteiger partial charge in [0.15, 0.2) is 0 Å². The Morgan fingerprint density at radius 3 is 2.87 bits per heavy atom. The largest absolute Gasteiger partial charge is 0.383 e. The van der Waals surface area contributed by atoms with Crippen LogP contribution in [0.5, 0.6) is 0 Å². The molecule has 1 rings (SSSR count). The topological polar surface area (TPSA) is 21.3 Å². The maximum absolute atomic E-state index is 6.07. The normalized spacial score (nSPS) is 12.5. The molecule has 0 spiro atoms. The molecule has 1 aromatic carbocycles. The van der Waals surface area contributed by atoms with Gasteiger partial charge in [0.25, 0.3) is 0 Å². The molecule has 0 heterocycles. The molecular formula is C11H15BrClNO. The molecule has 0 aromatic heterocycles. The Morgan fingerprint density at radius 1 is 1.53 bits per heavy atom. The number of methoxy groups -OCH3 is 1. The molecule has 1 aromatic rings. The third kappa shape index (κ3) is 4.01. The fraction of sp³-hybridized carbons (Fsp3) is 0.455. The van der Waals surface area contributed by atoms with E-state index >= 15 is 0 Å². The number of rotatable bonds is 5. The maximum Gasteiger partial charge on any atom is 0.0663 e. The molecule has 2 nitrogen and oxygen atoms in total. The minimum atomic E-state index is 0.293. The first kappa shape index (κ1) is 12.8. The van der Waals surface area contributed by atoms with Crippen molar-refractivity contribution in [2.45, 2.75) is 19.4 Å². The summed E-state index contributed by atoms with van der Waals surface area (Å²) in [4.78, 5) is 0. The zero-order valence-corrected chi connectivity index (χ0v) is 11.2. The number of hydrogen-bond donors (Lipinski definition) is 1. The molecular weight excluding hydrogens is 277 g/mol. The van der Waals surface area contributed by atoms with Crippen molar-refractivity contribution in [2.24, 2.45) is 0 Å². The summed E-state index contributed by atoms with van der Waals surface area (Å²) < 4.78 is 6.14. The first-order valence-corrected chi connectivity index (χ1v) is 6.05. The minimum Gasteiger partial charge on any atom is -0.383 e. The van der Waals surface area contributed by atoms with Crippen LogP contribution in [0.3, 0.4) is 0 Å². The summed E-state index contributed by atoms with van der Waals surface area (Å²) in [6.45, 7) is 2.79. The highest BCUT2D eigenvalue weighted by molar-refractivity contribution is 9.10. The van der Waals surface area contributed by atoms with Crippen LogP contribution in [0.4, 0.5) is 5.69 Å². The van der Waals surface area contributed by atoms with E-state index in [0.29, 0.717) is 12.6 Å². The van der Waals surface area contributed by atoms with Crippen molar-refractivity contribution in [1.82, 2.24) is 0 Å². The van der Waals surface area contributed by atoms with Crippen LogP contribution >= 0.6 is 27.5 Å². The van der Waals surface area contributed by atoms with Crippen molar-refractivity contribution in [3.63, 3.8) is 0 Å². The summed E-state index contributed by atoms with van der Waals surface area (Å²) >= 11 is 9.49. The Morgan fingerprint density at radius 2 is 2.27 bits per heavy atom. The maximum atomic E-state index is 6.07. The van der Waals surface area contributed by atoms with Crippen molar-refractivity contribution >= 4 is 33.2 Å². The van der Waals surface area contributed by atoms with E-state index in [2.05, 4.69) is 28.2 Å². The summed E-state index contributed by atoms with van der Waals surface area (Å²) in [7, 11) is 1.70. The van der Waals surface area contributed by atoms with E-state index < -0.39 is 0 Å². The number of benzene rings is 1. The Labute approximate surface area is 104 Å². The van der Waals surface area contributed by atoms with Gasteiger partial charge in [-0.05, 0) is 24.6 Å². The molecule has 0 fully saturated rings. The van der Waals surface area contributed by atoms with Gasteiger partial charge in [-0.3, -0.25) is 0 Å². The van der Waals surface area contributed by atoms with Gasteiger partial charge in [-0.1, -0.05) is 34.5 Å². The quantitative estimate of drug-likeness (QED) is 0.887.